The van der Waals surface area contributed by atoms with Crippen LogP contribution in [0.4, 0.5) is 14.5 Å². The van der Waals surface area contributed by atoms with Gasteiger partial charge in [-0.3, -0.25) is 0 Å². The summed E-state index contributed by atoms with van der Waals surface area (Å²) in [4.78, 5) is 12.4. The quantitative estimate of drug-likeness (QED) is 0.795. The van der Waals surface area contributed by atoms with Gasteiger partial charge in [-0.1, -0.05) is 48.5 Å². The number of anilines is 1. The summed E-state index contributed by atoms with van der Waals surface area (Å²) in [6.45, 7) is 0. The van der Waals surface area contributed by atoms with E-state index in [-0.39, 0.29) is 0 Å². The van der Waals surface area contributed by atoms with Gasteiger partial charge in [0.25, 0.3) is 6.43 Å². The van der Waals surface area contributed by atoms with Crippen LogP contribution in [0.3, 0.4) is 0 Å². The fourth-order valence-corrected chi connectivity index (χ4v) is 2.69. The molecule has 1 heterocycles. The second-order valence-corrected chi connectivity index (χ2v) is 5.40. The van der Waals surface area contributed by atoms with Crippen molar-refractivity contribution in [3.05, 3.63) is 72.3 Å². The van der Waals surface area contributed by atoms with Gasteiger partial charge in [-0.15, -0.1) is 0 Å². The van der Waals surface area contributed by atoms with Crippen LogP contribution < -0.4 is 5.01 Å². The molecule has 0 aromatic heterocycles. The highest BCUT2D eigenvalue weighted by molar-refractivity contribution is 6.10. The number of rotatable bonds is 4. The lowest BCUT2D eigenvalue weighted by Crippen LogP contribution is -2.43. The zero-order chi connectivity index (χ0) is 17.8. The van der Waals surface area contributed by atoms with E-state index in [4.69, 9.17) is 4.74 Å². The maximum absolute atomic E-state index is 13.4. The van der Waals surface area contributed by atoms with Crippen molar-refractivity contribution in [3.8, 4) is 0 Å². The predicted molar refractivity (Wildman–Crippen MR) is 92.6 cm³/mol. The standard InChI is InChI=1S/C19H16F2N2O2/c1-25-19(24)17-15(13-8-4-2-5-9-13)12-16(18(20)21)22-23(17)14-10-6-3-7-11-14/h2-12,17-18H,1H3. The molecular formula is C19H16F2N2O2. The Morgan fingerprint density at radius 3 is 2.24 bits per heavy atom. The largest absolute Gasteiger partial charge is 0.467 e. The highest BCUT2D eigenvalue weighted by atomic mass is 19.3. The smallest absolute Gasteiger partial charge is 0.335 e. The summed E-state index contributed by atoms with van der Waals surface area (Å²) in [7, 11) is 1.26. The van der Waals surface area contributed by atoms with Gasteiger partial charge in [0.2, 0.25) is 0 Å². The zero-order valence-electron chi connectivity index (χ0n) is 13.5. The number of carbonyl (C=O) groups excluding carboxylic acids is 1. The summed E-state index contributed by atoms with van der Waals surface area (Å²) in [6.07, 6.45) is -1.50. The van der Waals surface area contributed by atoms with Crippen molar-refractivity contribution in [2.24, 2.45) is 5.10 Å². The number of halogens is 2. The number of ether oxygens (including phenoxy) is 1. The van der Waals surface area contributed by atoms with Gasteiger partial charge in [-0.25, -0.2) is 18.6 Å². The zero-order valence-corrected chi connectivity index (χ0v) is 13.5. The van der Waals surface area contributed by atoms with Crippen molar-refractivity contribution in [1.82, 2.24) is 0 Å². The number of para-hydroxylation sites is 1. The summed E-state index contributed by atoms with van der Waals surface area (Å²) < 4.78 is 31.7. The summed E-state index contributed by atoms with van der Waals surface area (Å²) in [5, 5.41) is 5.29. The molecule has 0 radical (unpaired) electrons. The van der Waals surface area contributed by atoms with E-state index in [0.29, 0.717) is 16.8 Å². The topological polar surface area (TPSA) is 41.9 Å². The van der Waals surface area contributed by atoms with Gasteiger partial charge in [0.15, 0.2) is 6.04 Å². The molecule has 1 atom stereocenters. The molecule has 25 heavy (non-hydrogen) atoms. The van der Waals surface area contributed by atoms with Crippen LogP contribution in [0.25, 0.3) is 5.57 Å². The van der Waals surface area contributed by atoms with E-state index in [2.05, 4.69) is 5.10 Å². The van der Waals surface area contributed by atoms with Gasteiger partial charge in [-0.05, 0) is 29.3 Å². The number of allylic oxidation sites excluding steroid dienone is 1. The van der Waals surface area contributed by atoms with Gasteiger partial charge in [0.05, 0.1) is 12.8 Å². The average Bonchev–Trinajstić information content (AvgIpc) is 2.67. The molecule has 0 spiro atoms. The third-order valence-corrected chi connectivity index (χ3v) is 3.84. The Labute approximate surface area is 144 Å². The molecular weight excluding hydrogens is 326 g/mol. The predicted octanol–water partition coefficient (Wildman–Crippen LogP) is 3.75. The number of benzene rings is 2. The highest BCUT2D eigenvalue weighted by Crippen LogP contribution is 2.32. The lowest BCUT2D eigenvalue weighted by Gasteiger charge is -2.33. The van der Waals surface area contributed by atoms with Crippen molar-refractivity contribution >= 4 is 22.9 Å². The number of carbonyl (C=O) groups is 1. The number of nitrogens with zero attached hydrogens (tertiary/aromatic N) is 2. The minimum Gasteiger partial charge on any atom is -0.467 e. The summed E-state index contributed by atoms with van der Waals surface area (Å²) >= 11 is 0. The number of hydrogen-bond donors (Lipinski definition) is 0. The Morgan fingerprint density at radius 1 is 1.08 bits per heavy atom. The van der Waals surface area contributed by atoms with Crippen LogP contribution in [0.15, 0.2) is 71.8 Å². The van der Waals surface area contributed by atoms with Gasteiger partial charge >= 0.3 is 5.97 Å². The fourth-order valence-electron chi connectivity index (χ4n) is 2.69. The lowest BCUT2D eigenvalue weighted by atomic mass is 9.94. The Morgan fingerprint density at radius 2 is 1.68 bits per heavy atom. The first-order valence-corrected chi connectivity index (χ1v) is 7.67. The van der Waals surface area contributed by atoms with Crippen molar-refractivity contribution in [1.29, 1.82) is 0 Å². The van der Waals surface area contributed by atoms with Crippen LogP contribution in [-0.4, -0.2) is 31.3 Å². The number of hydrazone groups is 1. The van der Waals surface area contributed by atoms with E-state index in [9.17, 15) is 13.6 Å². The normalized spacial score (nSPS) is 17.1. The molecule has 0 N–H and O–H groups in total. The highest BCUT2D eigenvalue weighted by Gasteiger charge is 2.36. The first-order valence-electron chi connectivity index (χ1n) is 7.67. The van der Waals surface area contributed by atoms with Crippen LogP contribution in [-0.2, 0) is 9.53 Å². The van der Waals surface area contributed by atoms with Gasteiger partial charge in [-0.2, -0.15) is 5.10 Å². The summed E-state index contributed by atoms with van der Waals surface area (Å²) in [5.74, 6) is -0.573. The maximum Gasteiger partial charge on any atom is 0.335 e. The number of methoxy groups -OCH3 is 1. The second kappa shape index (κ2) is 7.25. The summed E-state index contributed by atoms with van der Waals surface area (Å²) in [6, 6.07) is 16.7. The molecule has 0 saturated carbocycles. The maximum atomic E-state index is 13.4. The molecule has 0 saturated heterocycles. The molecule has 2 aromatic rings. The van der Waals surface area contributed by atoms with Gasteiger partial charge in [0, 0.05) is 0 Å². The molecule has 4 nitrogen and oxygen atoms in total. The Balaban J connectivity index is 2.16. The summed E-state index contributed by atoms with van der Waals surface area (Å²) in [5.41, 5.74) is 1.20. The first-order chi connectivity index (χ1) is 12.1. The van der Waals surface area contributed by atoms with Crippen LogP contribution >= 0.6 is 0 Å². The molecule has 1 aliphatic rings. The fraction of sp³-hybridized carbons (Fsp3) is 0.158. The third-order valence-electron chi connectivity index (χ3n) is 3.84. The minimum atomic E-state index is -2.76. The lowest BCUT2D eigenvalue weighted by molar-refractivity contribution is -0.140. The Kier molecular flexibility index (Phi) is 4.88. The van der Waals surface area contributed by atoms with E-state index in [1.54, 1.807) is 54.6 Å². The average molecular weight is 342 g/mol. The monoisotopic (exact) mass is 342 g/mol. The Bertz CT molecular complexity index is 805. The number of esters is 1. The number of alkyl halides is 2. The molecule has 3 rings (SSSR count). The Hall–Kier alpha value is -3.02. The van der Waals surface area contributed by atoms with E-state index >= 15 is 0 Å². The molecule has 1 aliphatic heterocycles. The van der Waals surface area contributed by atoms with Crippen LogP contribution in [0.2, 0.25) is 0 Å². The molecule has 128 valence electrons. The van der Waals surface area contributed by atoms with Crippen molar-refractivity contribution < 1.29 is 18.3 Å². The minimum absolute atomic E-state index is 0.400. The van der Waals surface area contributed by atoms with E-state index in [1.165, 1.54) is 18.2 Å². The molecule has 0 amide bonds. The van der Waals surface area contributed by atoms with Crippen LogP contribution in [0, 0.1) is 0 Å². The van der Waals surface area contributed by atoms with Gasteiger partial charge in [0.1, 0.15) is 5.71 Å². The molecule has 0 aliphatic carbocycles. The number of hydrogen-bond acceptors (Lipinski definition) is 4. The van der Waals surface area contributed by atoms with Crippen molar-refractivity contribution in [2.75, 3.05) is 12.1 Å². The van der Waals surface area contributed by atoms with E-state index in [0.717, 1.165) is 0 Å². The van der Waals surface area contributed by atoms with Crippen LogP contribution in [0.5, 0.6) is 0 Å². The van der Waals surface area contributed by atoms with Crippen molar-refractivity contribution in [3.63, 3.8) is 0 Å². The molecule has 2 aromatic carbocycles. The first kappa shape index (κ1) is 16.8. The van der Waals surface area contributed by atoms with Crippen LogP contribution in [0.1, 0.15) is 5.56 Å². The second-order valence-electron chi connectivity index (χ2n) is 5.40. The van der Waals surface area contributed by atoms with Crippen molar-refractivity contribution in [2.45, 2.75) is 12.5 Å². The third kappa shape index (κ3) is 3.42. The molecule has 1 unspecified atom stereocenters. The van der Waals surface area contributed by atoms with E-state index < -0.39 is 24.1 Å². The van der Waals surface area contributed by atoms with Gasteiger partial charge < -0.3 is 4.74 Å². The SMILES string of the molecule is COC(=O)C1C(c2ccccc2)=CC(C(F)F)=NN1c1ccccc1. The molecule has 0 bridgehead atoms. The van der Waals surface area contributed by atoms with E-state index in [1.807, 2.05) is 6.07 Å². The molecule has 0 fully saturated rings. The molecule has 6 heteroatoms.